The number of halogens is 1. The highest BCUT2D eigenvalue weighted by molar-refractivity contribution is 5.90. The molecular weight excluding hydrogens is 309 g/mol. The lowest BCUT2D eigenvalue weighted by atomic mass is 10.0. The van der Waals surface area contributed by atoms with Gasteiger partial charge in [0.05, 0.1) is 5.69 Å². The van der Waals surface area contributed by atoms with Gasteiger partial charge < -0.3 is 9.80 Å². The fourth-order valence-corrected chi connectivity index (χ4v) is 3.03. The monoisotopic (exact) mass is 331 g/mol. The Kier molecular flexibility index (Phi) is 4.62. The lowest BCUT2D eigenvalue weighted by Crippen LogP contribution is -2.44. The normalized spacial score (nSPS) is 16.0. The van der Waals surface area contributed by atoms with E-state index in [1.54, 1.807) is 23.7 Å². The van der Waals surface area contributed by atoms with Crippen molar-refractivity contribution in [1.82, 2.24) is 24.6 Å². The van der Waals surface area contributed by atoms with E-state index in [-0.39, 0.29) is 17.5 Å². The van der Waals surface area contributed by atoms with Crippen molar-refractivity contribution in [3.63, 3.8) is 0 Å². The maximum atomic E-state index is 13.1. The molecule has 1 aromatic carbocycles. The molecule has 0 unspecified atom stereocenters. The predicted molar refractivity (Wildman–Crippen MR) is 88.7 cm³/mol. The molecule has 3 rings (SSSR count). The number of aryl methyl sites for hydroxylation is 1. The van der Waals surface area contributed by atoms with Crippen LogP contribution in [-0.2, 0) is 0 Å². The van der Waals surface area contributed by atoms with Crippen LogP contribution < -0.4 is 0 Å². The molecule has 2 heterocycles. The van der Waals surface area contributed by atoms with E-state index in [2.05, 4.69) is 29.1 Å². The second-order valence-electron chi connectivity index (χ2n) is 6.36. The fraction of sp³-hybridized carbons (Fsp3) is 0.471. The number of amides is 1. The van der Waals surface area contributed by atoms with Crippen LogP contribution >= 0.6 is 0 Å². The third-order valence-corrected chi connectivity index (χ3v) is 4.51. The van der Waals surface area contributed by atoms with Gasteiger partial charge in [-0.15, -0.1) is 5.10 Å². The van der Waals surface area contributed by atoms with Gasteiger partial charge in [-0.25, -0.2) is 14.1 Å². The van der Waals surface area contributed by atoms with Crippen LogP contribution in [0.2, 0.25) is 0 Å². The number of carbonyl (C=O) groups excluding carboxylic acids is 1. The summed E-state index contributed by atoms with van der Waals surface area (Å²) in [4.78, 5) is 20.9. The highest BCUT2D eigenvalue weighted by atomic mass is 19.1. The van der Waals surface area contributed by atoms with Gasteiger partial charge in [0.1, 0.15) is 11.6 Å². The Morgan fingerprint density at radius 2 is 1.83 bits per heavy atom. The minimum absolute atomic E-state index is 0.142. The Morgan fingerprint density at radius 1 is 1.21 bits per heavy atom. The first-order valence-electron chi connectivity index (χ1n) is 8.11. The Labute approximate surface area is 140 Å². The smallest absolute Gasteiger partial charge is 0.293 e. The van der Waals surface area contributed by atoms with Crippen molar-refractivity contribution in [2.75, 3.05) is 27.2 Å². The summed E-state index contributed by atoms with van der Waals surface area (Å²) in [5.74, 6) is 0.348. The molecule has 0 N–H and O–H groups in total. The van der Waals surface area contributed by atoms with Gasteiger partial charge in [0.25, 0.3) is 5.91 Å². The molecule has 0 aliphatic carbocycles. The van der Waals surface area contributed by atoms with Crippen molar-refractivity contribution in [1.29, 1.82) is 0 Å². The molecule has 1 aliphatic rings. The van der Waals surface area contributed by atoms with E-state index < -0.39 is 0 Å². The standard InChI is InChI=1S/C17H22FN5O/c1-12-19-16(20-23(12)15-6-4-13(18)5-7-15)17(24)22-10-8-14(9-11-22)21(2)3/h4-7,14H,8-11H2,1-3H3. The van der Waals surface area contributed by atoms with Gasteiger partial charge in [-0.05, 0) is 58.1 Å². The molecule has 2 aromatic rings. The van der Waals surface area contributed by atoms with Gasteiger partial charge in [0.2, 0.25) is 5.82 Å². The second kappa shape index (κ2) is 6.68. The van der Waals surface area contributed by atoms with E-state index in [1.807, 2.05) is 4.90 Å². The van der Waals surface area contributed by atoms with Crippen molar-refractivity contribution in [3.8, 4) is 5.69 Å². The van der Waals surface area contributed by atoms with Crippen LogP contribution in [0, 0.1) is 12.7 Å². The molecule has 1 fully saturated rings. The Morgan fingerprint density at radius 3 is 2.42 bits per heavy atom. The van der Waals surface area contributed by atoms with Crippen molar-refractivity contribution in [3.05, 3.63) is 41.7 Å². The number of hydrogen-bond acceptors (Lipinski definition) is 4. The molecule has 1 aliphatic heterocycles. The molecule has 1 aromatic heterocycles. The third kappa shape index (κ3) is 3.31. The summed E-state index contributed by atoms with van der Waals surface area (Å²) in [7, 11) is 4.13. The number of carbonyl (C=O) groups is 1. The van der Waals surface area contributed by atoms with Crippen LogP contribution in [0.5, 0.6) is 0 Å². The summed E-state index contributed by atoms with van der Waals surface area (Å²) < 4.78 is 14.6. The zero-order valence-electron chi connectivity index (χ0n) is 14.2. The fourth-order valence-electron chi connectivity index (χ4n) is 3.03. The SMILES string of the molecule is Cc1nc(C(=O)N2CCC(N(C)C)CC2)nn1-c1ccc(F)cc1. The molecule has 24 heavy (non-hydrogen) atoms. The largest absolute Gasteiger partial charge is 0.336 e. The first-order chi connectivity index (χ1) is 11.5. The molecule has 0 saturated carbocycles. The van der Waals surface area contributed by atoms with E-state index in [0.29, 0.717) is 30.6 Å². The molecule has 128 valence electrons. The van der Waals surface area contributed by atoms with Crippen LogP contribution in [0.15, 0.2) is 24.3 Å². The van der Waals surface area contributed by atoms with Crippen LogP contribution in [0.3, 0.4) is 0 Å². The minimum atomic E-state index is -0.309. The number of piperidine rings is 1. The van der Waals surface area contributed by atoms with Crippen molar-refractivity contribution < 1.29 is 9.18 Å². The van der Waals surface area contributed by atoms with Crippen molar-refractivity contribution >= 4 is 5.91 Å². The topological polar surface area (TPSA) is 54.3 Å². The van der Waals surface area contributed by atoms with Gasteiger partial charge in [0, 0.05) is 19.1 Å². The highest BCUT2D eigenvalue weighted by Crippen LogP contribution is 2.17. The zero-order chi connectivity index (χ0) is 17.3. The maximum absolute atomic E-state index is 13.1. The average Bonchev–Trinajstić information content (AvgIpc) is 2.97. The van der Waals surface area contributed by atoms with Crippen LogP contribution in [0.1, 0.15) is 29.3 Å². The lowest BCUT2D eigenvalue weighted by molar-refractivity contribution is 0.0651. The Hall–Kier alpha value is -2.28. The van der Waals surface area contributed by atoms with Gasteiger partial charge in [-0.2, -0.15) is 0 Å². The number of rotatable bonds is 3. The summed E-state index contributed by atoms with van der Waals surface area (Å²) in [6.07, 6.45) is 1.91. The Bertz CT molecular complexity index is 717. The number of benzene rings is 1. The van der Waals surface area contributed by atoms with E-state index in [0.717, 1.165) is 12.8 Å². The van der Waals surface area contributed by atoms with E-state index in [9.17, 15) is 9.18 Å². The van der Waals surface area contributed by atoms with Crippen molar-refractivity contribution in [2.45, 2.75) is 25.8 Å². The number of hydrogen-bond donors (Lipinski definition) is 0. The van der Waals surface area contributed by atoms with Gasteiger partial charge in [-0.1, -0.05) is 0 Å². The second-order valence-corrected chi connectivity index (χ2v) is 6.36. The first-order valence-corrected chi connectivity index (χ1v) is 8.11. The summed E-state index contributed by atoms with van der Waals surface area (Å²) >= 11 is 0. The summed E-state index contributed by atoms with van der Waals surface area (Å²) in [6.45, 7) is 3.21. The lowest BCUT2D eigenvalue weighted by Gasteiger charge is -2.34. The summed E-state index contributed by atoms with van der Waals surface area (Å²) in [5, 5.41) is 4.32. The van der Waals surface area contributed by atoms with Crippen LogP contribution in [-0.4, -0.2) is 63.7 Å². The Balaban J connectivity index is 1.75. The van der Waals surface area contributed by atoms with Crippen LogP contribution in [0.25, 0.3) is 5.69 Å². The minimum Gasteiger partial charge on any atom is -0.336 e. The van der Waals surface area contributed by atoms with E-state index >= 15 is 0 Å². The third-order valence-electron chi connectivity index (χ3n) is 4.51. The maximum Gasteiger partial charge on any atom is 0.293 e. The van der Waals surface area contributed by atoms with E-state index in [4.69, 9.17) is 0 Å². The number of aromatic nitrogens is 3. The van der Waals surface area contributed by atoms with Gasteiger partial charge in [-0.3, -0.25) is 4.79 Å². The highest BCUT2D eigenvalue weighted by Gasteiger charge is 2.27. The molecule has 0 radical (unpaired) electrons. The molecule has 0 bridgehead atoms. The summed E-state index contributed by atoms with van der Waals surface area (Å²) in [5.41, 5.74) is 0.687. The molecule has 6 nitrogen and oxygen atoms in total. The van der Waals surface area contributed by atoms with Crippen LogP contribution in [0.4, 0.5) is 4.39 Å². The quantitative estimate of drug-likeness (QED) is 0.862. The van der Waals surface area contributed by atoms with Gasteiger partial charge in [0.15, 0.2) is 0 Å². The first kappa shape index (κ1) is 16.6. The summed E-state index contributed by atoms with van der Waals surface area (Å²) in [6, 6.07) is 6.48. The molecule has 1 amide bonds. The molecule has 0 spiro atoms. The van der Waals surface area contributed by atoms with Crippen molar-refractivity contribution in [2.24, 2.45) is 0 Å². The number of nitrogens with zero attached hydrogens (tertiary/aromatic N) is 5. The molecule has 7 heteroatoms. The number of likely N-dealkylation sites (tertiary alicyclic amines) is 1. The molecular formula is C17H22FN5O. The molecule has 0 atom stereocenters. The van der Waals surface area contributed by atoms with E-state index in [1.165, 1.54) is 12.1 Å². The average molecular weight is 331 g/mol. The van der Waals surface area contributed by atoms with Gasteiger partial charge >= 0.3 is 0 Å². The molecule has 1 saturated heterocycles. The predicted octanol–water partition coefficient (Wildman–Crippen LogP) is 1.88. The zero-order valence-corrected chi connectivity index (χ0v) is 14.2.